The van der Waals surface area contributed by atoms with Crippen molar-refractivity contribution in [3.8, 4) is 17.1 Å². The zero-order chi connectivity index (χ0) is 23.0. The van der Waals surface area contributed by atoms with Gasteiger partial charge in [-0.3, -0.25) is 0 Å². The summed E-state index contributed by atoms with van der Waals surface area (Å²) in [6, 6.07) is 15.7. The normalized spacial score (nSPS) is 11.6. The number of benzene rings is 2. The van der Waals surface area contributed by atoms with Crippen molar-refractivity contribution >= 4 is 11.9 Å². The summed E-state index contributed by atoms with van der Waals surface area (Å²) in [4.78, 5) is 31.7. The van der Waals surface area contributed by atoms with Gasteiger partial charge in [0.25, 0.3) is 0 Å². The van der Waals surface area contributed by atoms with E-state index in [2.05, 4.69) is 55.4 Å². The number of nitrogens with one attached hydrogen (secondary N) is 2. The quantitative estimate of drug-likeness (QED) is 0.378. The van der Waals surface area contributed by atoms with Gasteiger partial charge in [0, 0.05) is 12.6 Å². The van der Waals surface area contributed by atoms with E-state index in [0.29, 0.717) is 18.7 Å². The minimum atomic E-state index is -0.710. The molecule has 1 unspecified atom stereocenters. The number of carbonyl (C=O) groups excluding carboxylic acids is 1. The van der Waals surface area contributed by atoms with E-state index >= 15 is 0 Å². The SMILES string of the molecule is COC(=O)C(Cc1c[nH]cn1)Nc1ncnc(OCc2cccc(-c3ccccc3)c2C)n1. The van der Waals surface area contributed by atoms with Crippen molar-refractivity contribution in [3.63, 3.8) is 0 Å². The number of imidazole rings is 1. The molecular formula is C24H24N6O3. The average molecular weight is 444 g/mol. The first-order chi connectivity index (χ1) is 16.1. The van der Waals surface area contributed by atoms with Gasteiger partial charge in [-0.2, -0.15) is 9.97 Å². The number of nitrogens with zero attached hydrogens (tertiary/aromatic N) is 4. The van der Waals surface area contributed by atoms with Crippen LogP contribution in [0.1, 0.15) is 16.8 Å². The summed E-state index contributed by atoms with van der Waals surface area (Å²) in [6.45, 7) is 2.36. The molecule has 0 aliphatic rings. The maximum absolute atomic E-state index is 12.2. The Morgan fingerprint density at radius 2 is 1.94 bits per heavy atom. The topological polar surface area (TPSA) is 115 Å². The summed E-state index contributed by atoms with van der Waals surface area (Å²) >= 11 is 0. The highest BCUT2D eigenvalue weighted by Gasteiger charge is 2.22. The Labute approximate surface area is 191 Å². The number of hydrogen-bond acceptors (Lipinski definition) is 8. The maximum Gasteiger partial charge on any atom is 0.328 e. The second-order valence-corrected chi connectivity index (χ2v) is 7.32. The van der Waals surface area contributed by atoms with Crippen LogP contribution >= 0.6 is 0 Å². The van der Waals surface area contributed by atoms with Gasteiger partial charge in [0.1, 0.15) is 19.0 Å². The number of H-pyrrole nitrogens is 1. The molecule has 2 N–H and O–H groups in total. The molecule has 0 aliphatic heterocycles. The molecule has 2 aromatic carbocycles. The van der Waals surface area contributed by atoms with Gasteiger partial charge in [0.05, 0.1) is 19.1 Å². The molecule has 0 saturated carbocycles. The van der Waals surface area contributed by atoms with E-state index in [1.165, 1.54) is 13.4 Å². The third-order valence-corrected chi connectivity index (χ3v) is 5.19. The van der Waals surface area contributed by atoms with Crippen LogP contribution in [0.4, 0.5) is 5.95 Å². The number of aromatic nitrogens is 5. The Bertz CT molecular complexity index is 1200. The van der Waals surface area contributed by atoms with Crippen molar-refractivity contribution in [1.82, 2.24) is 24.9 Å². The maximum atomic E-state index is 12.2. The standard InChI is InChI=1S/C24H24N6O3/c1-16-18(9-6-10-20(16)17-7-4-3-5-8-17)13-33-24-28-15-27-23(30-24)29-21(22(31)32-2)11-19-12-25-14-26-19/h3-10,12,14-15,21H,11,13H2,1-2H3,(H,25,26)(H,27,28,29,30). The molecule has 0 aliphatic carbocycles. The number of hydrogen-bond donors (Lipinski definition) is 2. The molecular weight excluding hydrogens is 420 g/mol. The molecule has 2 heterocycles. The molecule has 4 aromatic rings. The van der Waals surface area contributed by atoms with E-state index in [-0.39, 0.29) is 12.0 Å². The van der Waals surface area contributed by atoms with Crippen LogP contribution in [0, 0.1) is 6.92 Å². The van der Waals surface area contributed by atoms with Crippen LogP contribution in [0.15, 0.2) is 67.4 Å². The fourth-order valence-corrected chi connectivity index (χ4v) is 3.44. The first-order valence-corrected chi connectivity index (χ1v) is 10.4. The van der Waals surface area contributed by atoms with Crippen molar-refractivity contribution in [2.45, 2.75) is 26.0 Å². The number of carbonyl (C=O) groups is 1. The number of methoxy groups -OCH3 is 1. The summed E-state index contributed by atoms with van der Waals surface area (Å²) in [5.74, 6) is -0.241. The zero-order valence-corrected chi connectivity index (χ0v) is 18.4. The van der Waals surface area contributed by atoms with Gasteiger partial charge in [-0.25, -0.2) is 14.8 Å². The van der Waals surface area contributed by atoms with Crippen molar-refractivity contribution in [2.24, 2.45) is 0 Å². The molecule has 168 valence electrons. The molecule has 2 aromatic heterocycles. The smallest absolute Gasteiger partial charge is 0.328 e. The predicted molar refractivity (Wildman–Crippen MR) is 122 cm³/mol. The highest BCUT2D eigenvalue weighted by Crippen LogP contribution is 2.26. The van der Waals surface area contributed by atoms with Gasteiger partial charge in [-0.15, -0.1) is 0 Å². The van der Waals surface area contributed by atoms with Crippen LogP contribution in [-0.2, 0) is 22.6 Å². The number of rotatable bonds is 9. The Hall–Kier alpha value is -4.27. The Balaban J connectivity index is 1.46. The molecule has 0 fully saturated rings. The Morgan fingerprint density at radius 1 is 1.09 bits per heavy atom. The lowest BCUT2D eigenvalue weighted by molar-refractivity contribution is -0.141. The second kappa shape index (κ2) is 10.4. The molecule has 0 spiro atoms. The first kappa shape index (κ1) is 21.9. The molecule has 1 atom stereocenters. The fourth-order valence-electron chi connectivity index (χ4n) is 3.44. The number of esters is 1. The zero-order valence-electron chi connectivity index (χ0n) is 18.4. The van der Waals surface area contributed by atoms with Crippen molar-refractivity contribution in [2.75, 3.05) is 12.4 Å². The van der Waals surface area contributed by atoms with Crippen LogP contribution in [0.3, 0.4) is 0 Å². The van der Waals surface area contributed by atoms with Crippen LogP contribution < -0.4 is 10.1 Å². The van der Waals surface area contributed by atoms with Crippen molar-refractivity contribution < 1.29 is 14.3 Å². The molecule has 0 radical (unpaired) electrons. The van der Waals surface area contributed by atoms with Gasteiger partial charge in [-0.05, 0) is 29.2 Å². The van der Waals surface area contributed by atoms with Crippen molar-refractivity contribution in [3.05, 3.63) is 84.2 Å². The summed E-state index contributed by atoms with van der Waals surface area (Å²) in [5.41, 5.74) is 5.15. The monoisotopic (exact) mass is 444 g/mol. The van der Waals surface area contributed by atoms with Crippen molar-refractivity contribution in [1.29, 1.82) is 0 Å². The van der Waals surface area contributed by atoms with E-state index in [1.807, 2.05) is 30.3 Å². The van der Waals surface area contributed by atoms with Crippen LogP contribution in [0.5, 0.6) is 6.01 Å². The van der Waals surface area contributed by atoms with Gasteiger partial charge >= 0.3 is 12.0 Å². The summed E-state index contributed by atoms with van der Waals surface area (Å²) in [6.07, 6.45) is 4.91. The highest BCUT2D eigenvalue weighted by atomic mass is 16.5. The van der Waals surface area contributed by atoms with Gasteiger partial charge in [0.2, 0.25) is 5.95 Å². The van der Waals surface area contributed by atoms with Gasteiger partial charge in [0.15, 0.2) is 0 Å². The van der Waals surface area contributed by atoms with Gasteiger partial charge < -0.3 is 19.8 Å². The highest BCUT2D eigenvalue weighted by molar-refractivity contribution is 5.78. The van der Waals surface area contributed by atoms with Crippen LogP contribution in [-0.4, -0.2) is 44.0 Å². The second-order valence-electron chi connectivity index (χ2n) is 7.32. The minimum absolute atomic E-state index is 0.153. The Kier molecular flexibility index (Phi) is 6.89. The molecule has 9 heteroatoms. The van der Waals surface area contributed by atoms with E-state index in [9.17, 15) is 4.79 Å². The molecule has 0 amide bonds. The third kappa shape index (κ3) is 5.51. The van der Waals surface area contributed by atoms with E-state index < -0.39 is 12.0 Å². The molecule has 4 rings (SSSR count). The summed E-state index contributed by atoms with van der Waals surface area (Å²) in [7, 11) is 1.33. The van der Waals surface area contributed by atoms with Gasteiger partial charge in [-0.1, -0.05) is 48.5 Å². The van der Waals surface area contributed by atoms with E-state index in [4.69, 9.17) is 9.47 Å². The predicted octanol–water partition coefficient (Wildman–Crippen LogP) is 3.35. The molecule has 33 heavy (non-hydrogen) atoms. The van der Waals surface area contributed by atoms with E-state index in [0.717, 1.165) is 22.3 Å². The van der Waals surface area contributed by atoms with E-state index in [1.54, 1.807) is 12.5 Å². The largest absolute Gasteiger partial charge is 0.467 e. The average Bonchev–Trinajstić information content (AvgIpc) is 3.36. The minimum Gasteiger partial charge on any atom is -0.467 e. The lowest BCUT2D eigenvalue weighted by Crippen LogP contribution is -2.33. The number of anilines is 1. The first-order valence-electron chi connectivity index (χ1n) is 10.4. The fraction of sp³-hybridized carbons (Fsp3) is 0.208. The number of ether oxygens (including phenoxy) is 2. The van der Waals surface area contributed by atoms with Crippen LogP contribution in [0.25, 0.3) is 11.1 Å². The summed E-state index contributed by atoms with van der Waals surface area (Å²) in [5, 5.41) is 2.98. The summed E-state index contributed by atoms with van der Waals surface area (Å²) < 4.78 is 10.7. The molecule has 0 bridgehead atoms. The third-order valence-electron chi connectivity index (χ3n) is 5.19. The van der Waals surface area contributed by atoms with Crippen LogP contribution in [0.2, 0.25) is 0 Å². The number of aromatic amines is 1. The lowest BCUT2D eigenvalue weighted by atomic mass is 9.97. The lowest BCUT2D eigenvalue weighted by Gasteiger charge is -2.16. The molecule has 9 nitrogen and oxygen atoms in total. The Morgan fingerprint density at radius 3 is 2.70 bits per heavy atom. The molecule has 0 saturated heterocycles.